The Bertz CT molecular complexity index is 597. The third kappa shape index (κ3) is 3.36. The topological polar surface area (TPSA) is 64.3 Å². The van der Waals surface area contributed by atoms with Crippen LogP contribution in [-0.2, 0) is 13.1 Å². The van der Waals surface area contributed by atoms with Gasteiger partial charge in [-0.15, -0.1) is 0 Å². The molecule has 0 saturated carbocycles. The zero-order valence-electron chi connectivity index (χ0n) is 11.4. The number of carbonyl (C=O) groups is 1. The molecule has 2 aromatic carbocycles. The van der Waals surface area contributed by atoms with E-state index in [0.717, 1.165) is 11.1 Å². The number of methoxy groups -OCH3 is 1. The first kappa shape index (κ1) is 14.1. The predicted molar refractivity (Wildman–Crippen MR) is 78.5 cm³/mol. The molecule has 0 aliphatic heterocycles. The highest BCUT2D eigenvalue weighted by Gasteiger charge is 2.10. The molecule has 0 bridgehead atoms. The quantitative estimate of drug-likeness (QED) is 0.874. The summed E-state index contributed by atoms with van der Waals surface area (Å²) in [5.41, 5.74) is 8.21. The molecule has 0 heterocycles. The Hall–Kier alpha value is -2.33. The monoisotopic (exact) mass is 270 g/mol. The van der Waals surface area contributed by atoms with E-state index in [-0.39, 0.29) is 5.91 Å². The van der Waals surface area contributed by atoms with Gasteiger partial charge in [-0.3, -0.25) is 4.79 Å². The van der Waals surface area contributed by atoms with Gasteiger partial charge >= 0.3 is 0 Å². The van der Waals surface area contributed by atoms with Crippen molar-refractivity contribution in [1.29, 1.82) is 0 Å². The number of rotatable bonds is 5. The van der Waals surface area contributed by atoms with Crippen molar-refractivity contribution in [2.75, 3.05) is 7.11 Å². The summed E-state index contributed by atoms with van der Waals surface area (Å²) in [6, 6.07) is 15.0. The Morgan fingerprint density at radius 1 is 1.15 bits per heavy atom. The second-order valence-corrected chi connectivity index (χ2v) is 4.41. The molecular weight excluding hydrogens is 252 g/mol. The molecule has 4 heteroatoms. The molecule has 1 amide bonds. The van der Waals surface area contributed by atoms with Crippen molar-refractivity contribution in [3.63, 3.8) is 0 Å². The highest BCUT2D eigenvalue weighted by atomic mass is 16.5. The Balaban J connectivity index is 2.04. The lowest BCUT2D eigenvalue weighted by Crippen LogP contribution is -2.23. The van der Waals surface area contributed by atoms with Gasteiger partial charge in [-0.1, -0.05) is 36.4 Å². The fourth-order valence-electron chi connectivity index (χ4n) is 1.98. The first-order valence-corrected chi connectivity index (χ1v) is 6.43. The summed E-state index contributed by atoms with van der Waals surface area (Å²) in [5.74, 6) is 0.418. The van der Waals surface area contributed by atoms with Gasteiger partial charge in [-0.05, 0) is 23.3 Å². The van der Waals surface area contributed by atoms with Gasteiger partial charge in [0.05, 0.1) is 12.7 Å². The molecule has 4 nitrogen and oxygen atoms in total. The predicted octanol–water partition coefficient (Wildman–Crippen LogP) is 2.08. The van der Waals surface area contributed by atoms with Crippen molar-refractivity contribution >= 4 is 5.91 Å². The molecule has 0 fully saturated rings. The molecule has 0 radical (unpaired) electrons. The smallest absolute Gasteiger partial charge is 0.255 e. The van der Waals surface area contributed by atoms with Crippen LogP contribution in [-0.4, -0.2) is 13.0 Å². The summed E-state index contributed by atoms with van der Waals surface area (Å²) in [5, 5.41) is 2.88. The van der Waals surface area contributed by atoms with E-state index in [1.807, 2.05) is 36.4 Å². The van der Waals surface area contributed by atoms with Crippen LogP contribution in [0.25, 0.3) is 0 Å². The van der Waals surface area contributed by atoms with E-state index in [4.69, 9.17) is 10.5 Å². The van der Waals surface area contributed by atoms with Gasteiger partial charge in [-0.25, -0.2) is 0 Å². The maximum absolute atomic E-state index is 12.1. The Kier molecular flexibility index (Phi) is 4.74. The molecule has 0 aliphatic carbocycles. The SMILES string of the molecule is COc1ccccc1C(=O)NCc1cccc(CN)c1. The normalized spacial score (nSPS) is 10.1. The number of nitrogens with one attached hydrogen (secondary N) is 1. The third-order valence-electron chi connectivity index (χ3n) is 3.03. The molecule has 104 valence electrons. The van der Waals surface area contributed by atoms with Gasteiger partial charge < -0.3 is 15.8 Å². The lowest BCUT2D eigenvalue weighted by molar-refractivity contribution is 0.0948. The molecule has 0 aromatic heterocycles. The van der Waals surface area contributed by atoms with Crippen LogP contribution in [0.1, 0.15) is 21.5 Å². The summed E-state index contributed by atoms with van der Waals surface area (Å²) in [4.78, 5) is 12.1. The van der Waals surface area contributed by atoms with Crippen LogP contribution in [0.2, 0.25) is 0 Å². The van der Waals surface area contributed by atoms with Crippen LogP contribution in [0.15, 0.2) is 48.5 Å². The Labute approximate surface area is 118 Å². The Morgan fingerprint density at radius 3 is 2.65 bits per heavy atom. The van der Waals surface area contributed by atoms with E-state index in [1.165, 1.54) is 0 Å². The standard InChI is InChI=1S/C16H18N2O2/c1-20-15-8-3-2-7-14(15)16(19)18-11-13-6-4-5-12(9-13)10-17/h2-9H,10-11,17H2,1H3,(H,18,19). The molecule has 0 aliphatic rings. The summed E-state index contributed by atoms with van der Waals surface area (Å²) in [7, 11) is 1.55. The molecule has 2 aromatic rings. The number of ether oxygens (including phenoxy) is 1. The second-order valence-electron chi connectivity index (χ2n) is 4.41. The van der Waals surface area contributed by atoms with Gasteiger partial charge in [0.15, 0.2) is 0 Å². The average molecular weight is 270 g/mol. The van der Waals surface area contributed by atoms with Crippen molar-refractivity contribution in [2.24, 2.45) is 5.73 Å². The number of amides is 1. The van der Waals surface area contributed by atoms with Crippen molar-refractivity contribution in [2.45, 2.75) is 13.1 Å². The molecule has 0 spiro atoms. The summed E-state index contributed by atoms with van der Waals surface area (Å²) >= 11 is 0. The zero-order valence-corrected chi connectivity index (χ0v) is 11.4. The van der Waals surface area contributed by atoms with E-state index in [0.29, 0.717) is 24.4 Å². The minimum Gasteiger partial charge on any atom is -0.496 e. The van der Waals surface area contributed by atoms with E-state index in [9.17, 15) is 4.79 Å². The lowest BCUT2D eigenvalue weighted by atomic mass is 10.1. The van der Waals surface area contributed by atoms with E-state index < -0.39 is 0 Å². The maximum atomic E-state index is 12.1. The summed E-state index contributed by atoms with van der Waals surface area (Å²) in [6.45, 7) is 0.957. The van der Waals surface area contributed by atoms with Crippen LogP contribution < -0.4 is 15.8 Å². The number of carbonyl (C=O) groups excluding carboxylic acids is 1. The molecule has 3 N–H and O–H groups in total. The third-order valence-corrected chi connectivity index (χ3v) is 3.03. The Morgan fingerprint density at radius 2 is 1.90 bits per heavy atom. The summed E-state index contributed by atoms with van der Waals surface area (Å²) in [6.07, 6.45) is 0. The van der Waals surface area contributed by atoms with Crippen molar-refractivity contribution < 1.29 is 9.53 Å². The average Bonchev–Trinajstić information content (AvgIpc) is 2.52. The minimum atomic E-state index is -0.152. The fourth-order valence-corrected chi connectivity index (χ4v) is 1.98. The minimum absolute atomic E-state index is 0.152. The maximum Gasteiger partial charge on any atom is 0.255 e. The fraction of sp³-hybridized carbons (Fsp3) is 0.188. The molecule has 20 heavy (non-hydrogen) atoms. The van der Waals surface area contributed by atoms with Gasteiger partial charge in [0.1, 0.15) is 5.75 Å². The van der Waals surface area contributed by atoms with Crippen LogP contribution in [0.4, 0.5) is 0 Å². The van der Waals surface area contributed by atoms with Crippen LogP contribution in [0.5, 0.6) is 5.75 Å². The van der Waals surface area contributed by atoms with E-state index >= 15 is 0 Å². The highest BCUT2D eigenvalue weighted by Crippen LogP contribution is 2.17. The van der Waals surface area contributed by atoms with Gasteiger partial charge in [0.2, 0.25) is 0 Å². The molecule has 0 unspecified atom stereocenters. The van der Waals surface area contributed by atoms with E-state index in [1.54, 1.807) is 19.2 Å². The number of hydrogen-bond donors (Lipinski definition) is 2. The number of para-hydroxylation sites is 1. The van der Waals surface area contributed by atoms with Crippen LogP contribution in [0, 0.1) is 0 Å². The number of hydrogen-bond acceptors (Lipinski definition) is 3. The molecule has 0 atom stereocenters. The van der Waals surface area contributed by atoms with Crippen molar-refractivity contribution in [1.82, 2.24) is 5.32 Å². The van der Waals surface area contributed by atoms with Gasteiger partial charge in [-0.2, -0.15) is 0 Å². The van der Waals surface area contributed by atoms with Gasteiger partial charge in [0.25, 0.3) is 5.91 Å². The largest absolute Gasteiger partial charge is 0.496 e. The lowest BCUT2D eigenvalue weighted by Gasteiger charge is -2.09. The number of nitrogens with two attached hydrogens (primary N) is 1. The van der Waals surface area contributed by atoms with Gasteiger partial charge in [0, 0.05) is 13.1 Å². The second kappa shape index (κ2) is 6.73. The van der Waals surface area contributed by atoms with Crippen molar-refractivity contribution in [3.8, 4) is 5.75 Å². The summed E-state index contributed by atoms with van der Waals surface area (Å²) < 4.78 is 5.18. The zero-order chi connectivity index (χ0) is 14.4. The first-order chi connectivity index (χ1) is 9.74. The first-order valence-electron chi connectivity index (χ1n) is 6.43. The highest BCUT2D eigenvalue weighted by molar-refractivity contribution is 5.96. The number of benzene rings is 2. The van der Waals surface area contributed by atoms with Crippen LogP contribution >= 0.6 is 0 Å². The molecule has 0 saturated heterocycles. The molecule has 2 rings (SSSR count). The van der Waals surface area contributed by atoms with Crippen molar-refractivity contribution in [3.05, 3.63) is 65.2 Å². The van der Waals surface area contributed by atoms with Crippen LogP contribution in [0.3, 0.4) is 0 Å². The molecular formula is C16H18N2O2. The van der Waals surface area contributed by atoms with E-state index in [2.05, 4.69) is 5.32 Å².